The maximum Gasteiger partial charge on any atom is 0.140 e. The quantitative estimate of drug-likeness (QED) is 0.603. The fraction of sp³-hybridized carbons (Fsp3) is 0.611. The summed E-state index contributed by atoms with van der Waals surface area (Å²) in [7, 11) is 0. The number of pyridine rings is 1. The molecule has 0 saturated carbocycles. The van der Waals surface area contributed by atoms with Crippen LogP contribution in [0.5, 0.6) is 0 Å². The fourth-order valence-corrected chi connectivity index (χ4v) is 4.02. The Kier molecular flexibility index (Phi) is 4.99. The van der Waals surface area contributed by atoms with Gasteiger partial charge >= 0.3 is 0 Å². The average molecular weight is 349 g/mol. The van der Waals surface area contributed by atoms with E-state index in [1.807, 2.05) is 0 Å². The molecule has 0 N–H and O–H groups in total. The summed E-state index contributed by atoms with van der Waals surface area (Å²) in [5, 5.41) is 0. The van der Waals surface area contributed by atoms with Crippen LogP contribution in [0.2, 0.25) is 0 Å². The molecular formula is C18H25BrN2. The van der Waals surface area contributed by atoms with E-state index in [0.29, 0.717) is 0 Å². The smallest absolute Gasteiger partial charge is 0.140 e. The summed E-state index contributed by atoms with van der Waals surface area (Å²) >= 11 is 3.63. The van der Waals surface area contributed by atoms with Crippen LogP contribution in [0, 0.1) is 6.92 Å². The van der Waals surface area contributed by atoms with Gasteiger partial charge in [-0.3, -0.25) is 0 Å². The molecular weight excluding hydrogens is 324 g/mol. The van der Waals surface area contributed by atoms with Crippen LogP contribution in [0.1, 0.15) is 68.3 Å². The Morgan fingerprint density at radius 1 is 0.952 bits per heavy atom. The van der Waals surface area contributed by atoms with Crippen molar-refractivity contribution < 1.29 is 0 Å². The number of aryl methyl sites for hydroxylation is 3. The number of fused-ring (bicyclic) bond motifs is 3. The van der Waals surface area contributed by atoms with Gasteiger partial charge < -0.3 is 4.40 Å². The molecule has 0 amide bonds. The first-order valence-electron chi connectivity index (χ1n) is 8.41. The normalized spacial score (nSPS) is 18.0. The maximum absolute atomic E-state index is 4.96. The van der Waals surface area contributed by atoms with Gasteiger partial charge in [-0.25, -0.2) is 4.98 Å². The van der Waals surface area contributed by atoms with Crippen molar-refractivity contribution in [3.05, 3.63) is 33.7 Å². The summed E-state index contributed by atoms with van der Waals surface area (Å²) < 4.78 is 3.49. The van der Waals surface area contributed by atoms with E-state index in [0.717, 1.165) is 16.5 Å². The monoisotopic (exact) mass is 348 g/mol. The topological polar surface area (TPSA) is 17.3 Å². The van der Waals surface area contributed by atoms with E-state index in [-0.39, 0.29) is 0 Å². The Labute approximate surface area is 136 Å². The molecule has 3 rings (SSSR count). The number of aromatic nitrogens is 2. The lowest BCUT2D eigenvalue weighted by Gasteiger charge is -2.08. The number of halogens is 1. The molecule has 2 nitrogen and oxygen atoms in total. The Morgan fingerprint density at radius 3 is 2.29 bits per heavy atom. The summed E-state index contributed by atoms with van der Waals surface area (Å²) in [5.41, 5.74) is 5.21. The molecule has 0 fully saturated rings. The third kappa shape index (κ3) is 3.50. The van der Waals surface area contributed by atoms with Gasteiger partial charge in [0, 0.05) is 16.4 Å². The molecule has 1 aliphatic carbocycles. The summed E-state index contributed by atoms with van der Waals surface area (Å²) in [6.07, 6.45) is 15.5. The molecule has 0 unspecified atom stereocenters. The summed E-state index contributed by atoms with van der Waals surface area (Å²) in [6, 6.07) is 2.17. The second-order valence-corrected chi connectivity index (χ2v) is 7.28. The van der Waals surface area contributed by atoms with E-state index in [1.54, 1.807) is 0 Å². The van der Waals surface area contributed by atoms with Crippen molar-refractivity contribution in [3.63, 3.8) is 0 Å². The van der Waals surface area contributed by atoms with Crippen molar-refractivity contribution in [2.45, 2.75) is 71.1 Å². The lowest BCUT2D eigenvalue weighted by Crippen LogP contribution is -1.99. The molecule has 2 aromatic heterocycles. The van der Waals surface area contributed by atoms with Crippen LogP contribution in [0.4, 0.5) is 0 Å². The minimum atomic E-state index is 1.15. The summed E-state index contributed by atoms with van der Waals surface area (Å²) in [5.74, 6) is 0. The lowest BCUT2D eigenvalue weighted by molar-refractivity contribution is 0.555. The highest BCUT2D eigenvalue weighted by atomic mass is 79.9. The van der Waals surface area contributed by atoms with Crippen LogP contribution in [0.25, 0.3) is 5.65 Å². The Morgan fingerprint density at radius 2 is 1.57 bits per heavy atom. The third-order valence-corrected chi connectivity index (χ3v) is 5.06. The molecule has 114 valence electrons. The first-order chi connectivity index (χ1) is 10.3. The second kappa shape index (κ2) is 6.95. The van der Waals surface area contributed by atoms with E-state index in [9.17, 15) is 0 Å². The van der Waals surface area contributed by atoms with Crippen molar-refractivity contribution in [3.8, 4) is 0 Å². The third-order valence-electron chi connectivity index (χ3n) is 4.63. The van der Waals surface area contributed by atoms with Crippen LogP contribution >= 0.6 is 15.9 Å². The number of hydrogen-bond acceptors (Lipinski definition) is 1. The van der Waals surface area contributed by atoms with Crippen LogP contribution in [0.15, 0.2) is 16.7 Å². The van der Waals surface area contributed by atoms with Crippen LogP contribution in [-0.4, -0.2) is 9.38 Å². The van der Waals surface area contributed by atoms with Crippen molar-refractivity contribution in [1.82, 2.24) is 9.38 Å². The molecule has 2 heterocycles. The van der Waals surface area contributed by atoms with Crippen molar-refractivity contribution in [2.24, 2.45) is 0 Å². The second-order valence-electron chi connectivity index (χ2n) is 6.37. The molecule has 0 bridgehead atoms. The van der Waals surface area contributed by atoms with Crippen molar-refractivity contribution >= 4 is 21.6 Å². The number of rotatable bonds is 0. The molecule has 2 aromatic rings. The molecule has 0 radical (unpaired) electrons. The first kappa shape index (κ1) is 15.1. The number of imidazole rings is 1. The largest absolute Gasteiger partial charge is 0.302 e. The first-order valence-corrected chi connectivity index (χ1v) is 9.21. The minimum Gasteiger partial charge on any atom is -0.302 e. The molecule has 3 heteroatoms. The zero-order valence-corrected chi connectivity index (χ0v) is 14.6. The van der Waals surface area contributed by atoms with Gasteiger partial charge in [0.25, 0.3) is 0 Å². The van der Waals surface area contributed by atoms with Gasteiger partial charge in [-0.05, 0) is 60.2 Å². The Bertz CT molecular complexity index is 615. The molecule has 0 saturated heterocycles. The highest BCUT2D eigenvalue weighted by molar-refractivity contribution is 9.10. The molecule has 0 spiro atoms. The van der Waals surface area contributed by atoms with E-state index >= 15 is 0 Å². The van der Waals surface area contributed by atoms with Gasteiger partial charge in [0.2, 0.25) is 0 Å². The molecule has 0 aromatic carbocycles. The number of nitrogens with zero attached hydrogens (tertiary/aromatic N) is 2. The van der Waals surface area contributed by atoms with E-state index in [2.05, 4.69) is 39.5 Å². The lowest BCUT2D eigenvalue weighted by atomic mass is 10.0. The molecule has 0 aliphatic heterocycles. The van der Waals surface area contributed by atoms with Gasteiger partial charge in [0.1, 0.15) is 5.65 Å². The fourth-order valence-electron chi connectivity index (χ4n) is 3.47. The standard InChI is InChI=1S/C18H25BrN2/c1-14-12-15(19)13-21-17-11-9-7-5-3-2-4-6-8-10-16(17)20-18(14)21/h12-13H,2-11H2,1H3. The minimum absolute atomic E-state index is 1.15. The van der Waals surface area contributed by atoms with E-state index in [4.69, 9.17) is 4.98 Å². The van der Waals surface area contributed by atoms with Gasteiger partial charge in [0.05, 0.1) is 5.69 Å². The predicted molar refractivity (Wildman–Crippen MR) is 92.0 cm³/mol. The maximum atomic E-state index is 4.96. The van der Waals surface area contributed by atoms with Crippen LogP contribution in [-0.2, 0) is 12.8 Å². The van der Waals surface area contributed by atoms with Gasteiger partial charge in [-0.15, -0.1) is 0 Å². The molecule has 21 heavy (non-hydrogen) atoms. The zero-order chi connectivity index (χ0) is 14.7. The van der Waals surface area contributed by atoms with Crippen molar-refractivity contribution in [2.75, 3.05) is 0 Å². The summed E-state index contributed by atoms with van der Waals surface area (Å²) in [4.78, 5) is 4.96. The van der Waals surface area contributed by atoms with E-state index < -0.39 is 0 Å². The van der Waals surface area contributed by atoms with Gasteiger partial charge in [-0.1, -0.05) is 38.5 Å². The highest BCUT2D eigenvalue weighted by Crippen LogP contribution is 2.24. The average Bonchev–Trinajstić information content (AvgIpc) is 2.77. The summed E-state index contributed by atoms with van der Waals surface area (Å²) in [6.45, 7) is 2.16. The van der Waals surface area contributed by atoms with Gasteiger partial charge in [0.15, 0.2) is 0 Å². The predicted octanol–water partition coefficient (Wildman–Crippen LogP) is 5.62. The number of hydrogen-bond donors (Lipinski definition) is 0. The SMILES string of the molecule is Cc1cc(Br)cn2c3c(nc12)CCCCCCCCCC3. The van der Waals surface area contributed by atoms with Crippen molar-refractivity contribution in [1.29, 1.82) is 0 Å². The molecule has 0 atom stereocenters. The van der Waals surface area contributed by atoms with Crippen LogP contribution in [0.3, 0.4) is 0 Å². The zero-order valence-electron chi connectivity index (χ0n) is 13.0. The van der Waals surface area contributed by atoms with E-state index in [1.165, 1.54) is 74.7 Å². The highest BCUT2D eigenvalue weighted by Gasteiger charge is 2.14. The Balaban J connectivity index is 1.96. The molecule has 1 aliphatic rings. The Hall–Kier alpha value is -0.830. The van der Waals surface area contributed by atoms with Gasteiger partial charge in [-0.2, -0.15) is 0 Å². The van der Waals surface area contributed by atoms with Crippen LogP contribution < -0.4 is 0 Å².